The van der Waals surface area contributed by atoms with Crippen molar-refractivity contribution in [2.24, 2.45) is 0 Å². The van der Waals surface area contributed by atoms with Gasteiger partial charge in [-0.15, -0.1) is 0 Å². The smallest absolute Gasteiger partial charge is 0.272 e. The van der Waals surface area contributed by atoms with Crippen LogP contribution in [-0.2, 0) is 6.54 Å². The molecule has 2 aromatic heterocycles. The third kappa shape index (κ3) is 3.74. The van der Waals surface area contributed by atoms with E-state index >= 15 is 0 Å². The maximum absolute atomic E-state index is 4.83. The number of rotatable bonds is 7. The van der Waals surface area contributed by atoms with Crippen molar-refractivity contribution in [2.75, 3.05) is 23.3 Å². The highest BCUT2D eigenvalue weighted by Crippen LogP contribution is 2.38. The molecule has 5 rings (SSSR count). The predicted octanol–water partition coefficient (Wildman–Crippen LogP) is 7.08. The Balaban J connectivity index is 1.67. The molecule has 4 nitrogen and oxygen atoms in total. The number of thiazole rings is 2. The molecular formula is C26H27N4S2+. The number of aromatic nitrogens is 2. The Morgan fingerprint density at radius 3 is 2.38 bits per heavy atom. The van der Waals surface area contributed by atoms with E-state index in [0.29, 0.717) is 0 Å². The van der Waals surface area contributed by atoms with Gasteiger partial charge in [0.2, 0.25) is 5.52 Å². The lowest BCUT2D eigenvalue weighted by Gasteiger charge is -2.22. The normalized spacial score (nSPS) is 11.3. The van der Waals surface area contributed by atoms with Crippen LogP contribution in [-0.4, -0.2) is 18.1 Å². The zero-order valence-corrected chi connectivity index (χ0v) is 20.3. The Hall–Kier alpha value is -2.96. The van der Waals surface area contributed by atoms with Gasteiger partial charge in [0.1, 0.15) is 11.2 Å². The summed E-state index contributed by atoms with van der Waals surface area (Å²) < 4.78 is 4.92. The van der Waals surface area contributed by atoms with Crippen LogP contribution >= 0.6 is 22.7 Å². The fourth-order valence-electron chi connectivity index (χ4n) is 4.20. The summed E-state index contributed by atoms with van der Waals surface area (Å²) in [6.45, 7) is 9.51. The number of para-hydroxylation sites is 2. The van der Waals surface area contributed by atoms with E-state index in [9.17, 15) is 0 Å². The molecule has 0 aliphatic carbocycles. The van der Waals surface area contributed by atoms with Gasteiger partial charge in [0.05, 0.1) is 21.5 Å². The van der Waals surface area contributed by atoms with Crippen LogP contribution in [0.15, 0.2) is 66.7 Å². The molecule has 0 bridgehead atoms. The van der Waals surface area contributed by atoms with E-state index in [4.69, 9.17) is 4.98 Å². The Labute approximate surface area is 196 Å². The number of aryl methyl sites for hydroxylation is 1. The van der Waals surface area contributed by atoms with Crippen LogP contribution in [0.4, 0.5) is 16.5 Å². The molecule has 162 valence electrons. The molecule has 0 amide bonds. The van der Waals surface area contributed by atoms with E-state index in [0.717, 1.165) is 36.0 Å². The van der Waals surface area contributed by atoms with Crippen molar-refractivity contribution in [3.05, 3.63) is 66.7 Å². The molecule has 5 aromatic rings. The van der Waals surface area contributed by atoms with E-state index in [1.54, 1.807) is 11.3 Å². The maximum atomic E-state index is 4.83. The Kier molecular flexibility index (Phi) is 5.81. The lowest BCUT2D eigenvalue weighted by molar-refractivity contribution is -0.653. The molecule has 2 heterocycles. The number of anilines is 3. The van der Waals surface area contributed by atoms with Crippen LogP contribution in [0, 0.1) is 0 Å². The van der Waals surface area contributed by atoms with Gasteiger partial charge in [-0.25, -0.2) is 4.98 Å². The molecule has 0 aliphatic rings. The topological polar surface area (TPSA) is 32.0 Å². The van der Waals surface area contributed by atoms with Crippen LogP contribution in [0.5, 0.6) is 0 Å². The minimum Gasteiger partial charge on any atom is -0.372 e. The summed E-state index contributed by atoms with van der Waals surface area (Å²) >= 11 is 3.55. The molecule has 0 saturated heterocycles. The SMILES string of the molecule is CCN(CC)c1ccc(-c2sc3ccccc3[n+]2CC)c(Nc2nc3ccccc3s2)c1. The predicted molar refractivity (Wildman–Crippen MR) is 140 cm³/mol. The third-order valence-electron chi connectivity index (χ3n) is 5.82. The molecule has 0 spiro atoms. The average Bonchev–Trinajstić information content (AvgIpc) is 3.40. The molecule has 6 heteroatoms. The zero-order valence-electron chi connectivity index (χ0n) is 18.6. The number of nitrogens with zero attached hydrogens (tertiary/aromatic N) is 3. The summed E-state index contributed by atoms with van der Waals surface area (Å²) in [4.78, 5) is 7.21. The Bertz CT molecular complexity index is 1350. The first-order valence-electron chi connectivity index (χ1n) is 11.1. The molecule has 1 N–H and O–H groups in total. The van der Waals surface area contributed by atoms with E-state index in [-0.39, 0.29) is 0 Å². The van der Waals surface area contributed by atoms with Crippen LogP contribution in [0.25, 0.3) is 31.0 Å². The van der Waals surface area contributed by atoms with E-state index < -0.39 is 0 Å². The van der Waals surface area contributed by atoms with Gasteiger partial charge in [-0.2, -0.15) is 4.57 Å². The van der Waals surface area contributed by atoms with Crippen molar-refractivity contribution in [3.63, 3.8) is 0 Å². The number of nitrogens with one attached hydrogen (secondary N) is 1. The number of hydrogen-bond donors (Lipinski definition) is 1. The maximum Gasteiger partial charge on any atom is 0.272 e. The highest BCUT2D eigenvalue weighted by atomic mass is 32.1. The van der Waals surface area contributed by atoms with Crippen molar-refractivity contribution in [1.29, 1.82) is 0 Å². The van der Waals surface area contributed by atoms with Gasteiger partial charge >= 0.3 is 0 Å². The first kappa shape index (κ1) is 20.9. The highest BCUT2D eigenvalue weighted by molar-refractivity contribution is 7.22. The average molecular weight is 460 g/mol. The number of fused-ring (bicyclic) bond motifs is 2. The summed E-state index contributed by atoms with van der Waals surface area (Å²) in [6, 6.07) is 23.8. The van der Waals surface area contributed by atoms with Crippen LogP contribution in [0.3, 0.4) is 0 Å². The summed E-state index contributed by atoms with van der Waals surface area (Å²) in [6.07, 6.45) is 0. The largest absolute Gasteiger partial charge is 0.372 e. The Morgan fingerprint density at radius 1 is 0.875 bits per heavy atom. The van der Waals surface area contributed by atoms with Gasteiger partial charge in [-0.3, -0.25) is 0 Å². The molecule has 0 radical (unpaired) electrons. The van der Waals surface area contributed by atoms with Crippen molar-refractivity contribution < 1.29 is 4.57 Å². The van der Waals surface area contributed by atoms with Gasteiger partial charge in [0, 0.05) is 24.8 Å². The fourth-order valence-corrected chi connectivity index (χ4v) is 6.34. The molecular weight excluding hydrogens is 432 g/mol. The highest BCUT2D eigenvalue weighted by Gasteiger charge is 2.24. The standard InChI is InChI=1S/C26H26N4S2/c1-4-29(5-2)18-15-16-19(25-30(6-3)22-12-8-10-14-24(22)31-25)21(17-18)28-26-27-20-11-7-9-13-23(20)32-26/h7-17H,4-6H2,1-3H3/p+1. The van der Waals surface area contributed by atoms with E-state index in [2.05, 4.69) is 96.2 Å². The van der Waals surface area contributed by atoms with Gasteiger partial charge in [-0.1, -0.05) is 46.9 Å². The van der Waals surface area contributed by atoms with Gasteiger partial charge in [0.15, 0.2) is 5.13 Å². The van der Waals surface area contributed by atoms with Gasteiger partial charge < -0.3 is 10.2 Å². The minimum atomic E-state index is 0.924. The molecule has 0 saturated carbocycles. The van der Waals surface area contributed by atoms with Crippen molar-refractivity contribution >= 4 is 59.6 Å². The van der Waals surface area contributed by atoms with Crippen LogP contribution in [0.2, 0.25) is 0 Å². The van der Waals surface area contributed by atoms with E-state index in [1.807, 2.05) is 17.4 Å². The molecule has 3 aromatic carbocycles. The lowest BCUT2D eigenvalue weighted by Crippen LogP contribution is -2.33. The second-order valence-electron chi connectivity index (χ2n) is 7.63. The molecule has 0 fully saturated rings. The van der Waals surface area contributed by atoms with Crippen molar-refractivity contribution in [2.45, 2.75) is 27.3 Å². The summed E-state index contributed by atoms with van der Waals surface area (Å²) in [5.74, 6) is 0. The minimum absolute atomic E-state index is 0.924. The van der Waals surface area contributed by atoms with Crippen LogP contribution in [0.1, 0.15) is 20.8 Å². The van der Waals surface area contributed by atoms with Crippen molar-refractivity contribution in [3.8, 4) is 10.6 Å². The number of hydrogen-bond acceptors (Lipinski definition) is 5. The fraction of sp³-hybridized carbons (Fsp3) is 0.231. The van der Waals surface area contributed by atoms with Crippen LogP contribution < -0.4 is 14.8 Å². The first-order chi connectivity index (χ1) is 15.7. The quantitative estimate of drug-likeness (QED) is 0.264. The molecule has 0 unspecified atom stereocenters. The monoisotopic (exact) mass is 459 g/mol. The molecule has 0 atom stereocenters. The van der Waals surface area contributed by atoms with Crippen molar-refractivity contribution in [1.82, 2.24) is 4.98 Å². The third-order valence-corrected chi connectivity index (χ3v) is 7.97. The molecule has 0 aliphatic heterocycles. The van der Waals surface area contributed by atoms with E-state index in [1.165, 1.54) is 31.2 Å². The summed E-state index contributed by atoms with van der Waals surface area (Å²) in [5.41, 5.74) is 5.86. The number of benzene rings is 3. The first-order valence-corrected chi connectivity index (χ1v) is 12.8. The summed E-state index contributed by atoms with van der Waals surface area (Å²) in [5, 5.41) is 5.87. The second-order valence-corrected chi connectivity index (χ2v) is 9.69. The Morgan fingerprint density at radius 2 is 1.62 bits per heavy atom. The lowest BCUT2D eigenvalue weighted by atomic mass is 10.1. The van der Waals surface area contributed by atoms with Gasteiger partial charge in [-0.05, 0) is 57.2 Å². The second kappa shape index (κ2) is 8.88. The molecule has 32 heavy (non-hydrogen) atoms. The zero-order chi connectivity index (χ0) is 22.1. The van der Waals surface area contributed by atoms with Gasteiger partial charge in [0.25, 0.3) is 5.01 Å². The summed E-state index contributed by atoms with van der Waals surface area (Å²) in [7, 11) is 0.